The summed E-state index contributed by atoms with van der Waals surface area (Å²) in [6, 6.07) is 7.06. The number of amides is 2. The van der Waals surface area contributed by atoms with Gasteiger partial charge in [-0.1, -0.05) is 12.1 Å². The van der Waals surface area contributed by atoms with Gasteiger partial charge in [0.1, 0.15) is 6.54 Å². The van der Waals surface area contributed by atoms with Crippen LogP contribution in [0.3, 0.4) is 0 Å². The Morgan fingerprint density at radius 3 is 2.44 bits per heavy atom. The Morgan fingerprint density at radius 2 is 1.80 bits per heavy atom. The minimum absolute atomic E-state index is 0.0108. The van der Waals surface area contributed by atoms with Crippen LogP contribution in [-0.2, 0) is 16.1 Å². The van der Waals surface area contributed by atoms with Crippen LogP contribution in [0.5, 0.6) is 0 Å². The predicted molar refractivity (Wildman–Crippen MR) is 90.4 cm³/mol. The van der Waals surface area contributed by atoms with Crippen LogP contribution in [-0.4, -0.2) is 63.1 Å². The van der Waals surface area contributed by atoms with Crippen molar-refractivity contribution in [3.8, 4) is 0 Å². The average molecular weight is 368 g/mol. The van der Waals surface area contributed by atoms with Gasteiger partial charge in [-0.05, 0) is 23.9 Å². The second kappa shape index (κ2) is 7.38. The summed E-state index contributed by atoms with van der Waals surface area (Å²) in [6.45, 7) is 3.33. The van der Waals surface area contributed by atoms with Crippen LogP contribution in [0.2, 0.25) is 0 Å². The van der Waals surface area contributed by atoms with Crippen molar-refractivity contribution in [2.45, 2.75) is 24.4 Å². The van der Waals surface area contributed by atoms with Crippen LogP contribution in [0.1, 0.15) is 6.92 Å². The van der Waals surface area contributed by atoms with E-state index in [0.717, 1.165) is 0 Å². The molecule has 0 bridgehead atoms. The van der Waals surface area contributed by atoms with Crippen LogP contribution < -0.4 is 0 Å². The van der Waals surface area contributed by atoms with E-state index >= 15 is 0 Å². The molecule has 0 unspecified atom stereocenters. The summed E-state index contributed by atoms with van der Waals surface area (Å²) in [6.07, 6.45) is 0. The fraction of sp³-hybridized carbons (Fsp3) is 0.438. The fourth-order valence-corrected chi connectivity index (χ4v) is 3.48. The molecule has 3 rings (SSSR count). The van der Waals surface area contributed by atoms with E-state index in [4.69, 9.17) is 0 Å². The van der Waals surface area contributed by atoms with Gasteiger partial charge >= 0.3 is 0 Å². The van der Waals surface area contributed by atoms with Crippen molar-refractivity contribution < 1.29 is 18.4 Å². The Hall–Kier alpha value is -2.16. The number of imidazole rings is 1. The zero-order valence-electron chi connectivity index (χ0n) is 13.7. The molecule has 0 aliphatic carbocycles. The maximum absolute atomic E-state index is 12.8. The maximum Gasteiger partial charge on any atom is 0.291 e. The molecule has 2 aromatic rings. The molecule has 1 aromatic carbocycles. The summed E-state index contributed by atoms with van der Waals surface area (Å²) in [5.41, 5.74) is 1.24. The summed E-state index contributed by atoms with van der Waals surface area (Å²) < 4.78 is 27.2. The number of fused-ring (bicyclic) bond motifs is 1. The molecule has 9 heteroatoms. The number of hydrogen-bond donors (Lipinski definition) is 0. The first kappa shape index (κ1) is 17.7. The first-order valence-electron chi connectivity index (χ1n) is 7.89. The summed E-state index contributed by atoms with van der Waals surface area (Å²) in [5.74, 6) is -2.78. The van der Waals surface area contributed by atoms with Gasteiger partial charge < -0.3 is 14.4 Å². The number of carbonyl (C=O) groups excluding carboxylic acids is 2. The molecule has 1 saturated heterocycles. The number of para-hydroxylation sites is 2. The van der Waals surface area contributed by atoms with E-state index in [1.165, 1.54) is 11.5 Å². The summed E-state index contributed by atoms with van der Waals surface area (Å²) >= 11 is 0.339. The van der Waals surface area contributed by atoms with Crippen LogP contribution in [0, 0.1) is 0 Å². The molecule has 2 heterocycles. The largest absolute Gasteiger partial charge is 0.339 e. The number of piperazine rings is 1. The highest BCUT2D eigenvalue weighted by molar-refractivity contribution is 7.99. The van der Waals surface area contributed by atoms with Gasteiger partial charge in [0.2, 0.25) is 11.8 Å². The highest BCUT2D eigenvalue weighted by Gasteiger charge is 2.24. The summed E-state index contributed by atoms with van der Waals surface area (Å²) in [7, 11) is 0. The third-order valence-corrected chi connectivity index (χ3v) is 4.89. The Morgan fingerprint density at radius 1 is 1.16 bits per heavy atom. The van der Waals surface area contributed by atoms with Gasteiger partial charge in [-0.25, -0.2) is 4.98 Å². The van der Waals surface area contributed by atoms with Crippen molar-refractivity contribution in [3.63, 3.8) is 0 Å². The van der Waals surface area contributed by atoms with E-state index in [9.17, 15) is 18.4 Å². The normalized spacial score (nSPS) is 15.2. The standard InChI is InChI=1S/C16H18F2N4O2S/c1-11(23)20-6-8-21(9-7-20)14(24)10-22-13-5-3-2-4-12(13)19-16(22)25-15(17)18/h2-5,15H,6-10H2,1H3. The molecule has 0 saturated carbocycles. The molecular formula is C16H18F2N4O2S. The number of aromatic nitrogens is 2. The minimum Gasteiger partial charge on any atom is -0.339 e. The minimum atomic E-state index is -2.61. The molecule has 1 aliphatic rings. The molecule has 1 aromatic heterocycles. The second-order valence-corrected chi connectivity index (χ2v) is 6.69. The lowest BCUT2D eigenvalue weighted by molar-refractivity contribution is -0.138. The van der Waals surface area contributed by atoms with Gasteiger partial charge in [-0.15, -0.1) is 0 Å². The molecule has 0 N–H and O–H groups in total. The second-order valence-electron chi connectivity index (χ2n) is 5.73. The number of halogens is 2. The van der Waals surface area contributed by atoms with E-state index < -0.39 is 5.76 Å². The van der Waals surface area contributed by atoms with E-state index in [1.54, 1.807) is 34.1 Å². The van der Waals surface area contributed by atoms with Gasteiger partial charge in [0.25, 0.3) is 5.76 Å². The molecule has 2 amide bonds. The third-order valence-electron chi connectivity index (χ3n) is 4.19. The molecule has 0 atom stereocenters. The van der Waals surface area contributed by atoms with Gasteiger partial charge in [-0.3, -0.25) is 9.59 Å². The number of carbonyl (C=O) groups is 2. The van der Waals surface area contributed by atoms with Crippen LogP contribution >= 0.6 is 11.8 Å². The van der Waals surface area contributed by atoms with Crippen molar-refractivity contribution in [1.29, 1.82) is 0 Å². The van der Waals surface area contributed by atoms with Crippen molar-refractivity contribution in [2.24, 2.45) is 0 Å². The van der Waals surface area contributed by atoms with Crippen LogP contribution in [0.15, 0.2) is 29.4 Å². The molecule has 0 radical (unpaired) electrons. The number of rotatable bonds is 4. The first-order valence-corrected chi connectivity index (χ1v) is 8.77. The molecule has 1 aliphatic heterocycles. The Kier molecular flexibility index (Phi) is 5.22. The van der Waals surface area contributed by atoms with Crippen molar-refractivity contribution in [2.75, 3.05) is 26.2 Å². The number of alkyl halides is 2. The Labute approximate surface area is 147 Å². The lowest BCUT2D eigenvalue weighted by atomic mass is 10.3. The SMILES string of the molecule is CC(=O)N1CCN(C(=O)Cn2c(SC(F)F)nc3ccccc32)CC1. The van der Waals surface area contributed by atoms with Crippen LogP contribution in [0.25, 0.3) is 11.0 Å². The topological polar surface area (TPSA) is 58.4 Å². The molecular weight excluding hydrogens is 350 g/mol. The van der Waals surface area contributed by atoms with E-state index in [-0.39, 0.29) is 23.5 Å². The number of hydrogen-bond acceptors (Lipinski definition) is 4. The monoisotopic (exact) mass is 368 g/mol. The lowest BCUT2D eigenvalue weighted by Gasteiger charge is -2.34. The van der Waals surface area contributed by atoms with Crippen molar-refractivity contribution in [3.05, 3.63) is 24.3 Å². The molecule has 1 fully saturated rings. The smallest absolute Gasteiger partial charge is 0.291 e. The lowest BCUT2D eigenvalue weighted by Crippen LogP contribution is -2.50. The van der Waals surface area contributed by atoms with E-state index in [2.05, 4.69) is 4.98 Å². The highest BCUT2D eigenvalue weighted by atomic mass is 32.2. The summed E-state index contributed by atoms with van der Waals surface area (Å²) in [4.78, 5) is 31.5. The first-order chi connectivity index (χ1) is 12.0. The Balaban J connectivity index is 1.78. The zero-order chi connectivity index (χ0) is 18.0. The van der Waals surface area contributed by atoms with Crippen LogP contribution in [0.4, 0.5) is 8.78 Å². The third kappa shape index (κ3) is 3.92. The van der Waals surface area contributed by atoms with Gasteiger partial charge in [0.15, 0.2) is 5.16 Å². The average Bonchev–Trinajstić information content (AvgIpc) is 2.91. The van der Waals surface area contributed by atoms with Gasteiger partial charge in [0, 0.05) is 33.1 Å². The zero-order valence-corrected chi connectivity index (χ0v) is 14.5. The number of benzene rings is 1. The highest BCUT2D eigenvalue weighted by Crippen LogP contribution is 2.28. The Bertz CT molecular complexity index is 788. The van der Waals surface area contributed by atoms with Crippen molar-refractivity contribution in [1.82, 2.24) is 19.4 Å². The van der Waals surface area contributed by atoms with Crippen molar-refractivity contribution >= 4 is 34.6 Å². The van der Waals surface area contributed by atoms with E-state index in [0.29, 0.717) is 49.0 Å². The van der Waals surface area contributed by atoms with Gasteiger partial charge in [-0.2, -0.15) is 8.78 Å². The maximum atomic E-state index is 12.8. The fourth-order valence-electron chi connectivity index (χ4n) is 2.88. The quantitative estimate of drug-likeness (QED) is 0.775. The number of thioether (sulfide) groups is 1. The van der Waals surface area contributed by atoms with E-state index in [1.807, 2.05) is 0 Å². The predicted octanol–water partition coefficient (Wildman–Crippen LogP) is 2.04. The molecule has 134 valence electrons. The number of nitrogens with zero attached hydrogens (tertiary/aromatic N) is 4. The van der Waals surface area contributed by atoms with Gasteiger partial charge in [0.05, 0.1) is 11.0 Å². The summed E-state index contributed by atoms with van der Waals surface area (Å²) in [5, 5.41) is 0.131. The molecule has 25 heavy (non-hydrogen) atoms. The molecule has 0 spiro atoms. The molecule has 6 nitrogen and oxygen atoms in total.